The van der Waals surface area contributed by atoms with Gasteiger partial charge in [0.2, 0.25) is 0 Å². The molecule has 0 bridgehead atoms. The summed E-state index contributed by atoms with van der Waals surface area (Å²) in [5, 5.41) is 14.2. The van der Waals surface area contributed by atoms with Gasteiger partial charge >= 0.3 is 0 Å². The maximum Gasteiger partial charge on any atom is 0.138 e. The fourth-order valence-electron chi connectivity index (χ4n) is 1.85. The van der Waals surface area contributed by atoms with E-state index < -0.39 is 6.10 Å². The molecule has 0 saturated heterocycles. The molecular formula is C13H12O2S2. The number of fused-ring (bicyclic) bond motifs is 1. The van der Waals surface area contributed by atoms with Gasteiger partial charge in [-0.05, 0) is 34.5 Å². The summed E-state index contributed by atoms with van der Waals surface area (Å²) in [7, 11) is 0. The molecule has 1 aliphatic heterocycles. The molecule has 0 fully saturated rings. The summed E-state index contributed by atoms with van der Waals surface area (Å²) in [6.07, 6.45) is -0.702. The number of thiophene rings is 1. The molecule has 0 saturated carbocycles. The number of rotatable bonds is 2. The number of hydrogen-bond donors (Lipinski definition) is 1. The third-order valence-electron chi connectivity index (χ3n) is 2.77. The predicted octanol–water partition coefficient (Wildman–Crippen LogP) is 3.33. The molecule has 88 valence electrons. The second-order valence-electron chi connectivity index (χ2n) is 3.92. The Bertz CT molecular complexity index is 496. The SMILES string of the molecule is OC(c1ccsc1)C1CSc2ccccc2O1. The van der Waals surface area contributed by atoms with Crippen molar-refractivity contribution in [3.8, 4) is 5.75 Å². The first-order chi connectivity index (χ1) is 8.34. The van der Waals surface area contributed by atoms with E-state index in [-0.39, 0.29) is 6.10 Å². The van der Waals surface area contributed by atoms with Gasteiger partial charge < -0.3 is 9.84 Å². The van der Waals surface area contributed by atoms with Crippen molar-refractivity contribution in [1.82, 2.24) is 0 Å². The Morgan fingerprint density at radius 2 is 2.18 bits per heavy atom. The summed E-state index contributed by atoms with van der Waals surface area (Å²) >= 11 is 3.34. The van der Waals surface area contributed by atoms with E-state index in [4.69, 9.17) is 4.74 Å². The summed E-state index contributed by atoms with van der Waals surface area (Å²) in [4.78, 5) is 1.15. The molecule has 0 spiro atoms. The highest BCUT2D eigenvalue weighted by molar-refractivity contribution is 7.99. The quantitative estimate of drug-likeness (QED) is 0.902. The van der Waals surface area contributed by atoms with Crippen LogP contribution < -0.4 is 4.74 Å². The molecule has 0 aliphatic carbocycles. The van der Waals surface area contributed by atoms with Crippen molar-refractivity contribution in [2.24, 2.45) is 0 Å². The number of aliphatic hydroxyl groups excluding tert-OH is 1. The van der Waals surface area contributed by atoms with Crippen molar-refractivity contribution in [2.45, 2.75) is 17.1 Å². The van der Waals surface area contributed by atoms with E-state index in [1.807, 2.05) is 41.1 Å². The van der Waals surface area contributed by atoms with Crippen LogP contribution in [0.4, 0.5) is 0 Å². The van der Waals surface area contributed by atoms with E-state index in [1.165, 1.54) is 0 Å². The highest BCUT2D eigenvalue weighted by atomic mass is 32.2. The zero-order valence-corrected chi connectivity index (χ0v) is 10.7. The van der Waals surface area contributed by atoms with E-state index in [0.717, 1.165) is 22.0 Å². The Labute approximate surface area is 108 Å². The largest absolute Gasteiger partial charge is 0.485 e. The van der Waals surface area contributed by atoms with Gasteiger partial charge in [-0.1, -0.05) is 12.1 Å². The van der Waals surface area contributed by atoms with Crippen molar-refractivity contribution >= 4 is 23.1 Å². The van der Waals surface area contributed by atoms with Gasteiger partial charge in [0, 0.05) is 10.6 Å². The average molecular weight is 264 g/mol. The molecule has 17 heavy (non-hydrogen) atoms. The molecule has 1 aromatic heterocycles. The smallest absolute Gasteiger partial charge is 0.138 e. The second kappa shape index (κ2) is 4.72. The van der Waals surface area contributed by atoms with E-state index in [0.29, 0.717) is 0 Å². The molecule has 0 amide bonds. The topological polar surface area (TPSA) is 29.5 Å². The van der Waals surface area contributed by atoms with Gasteiger partial charge in [0.15, 0.2) is 0 Å². The molecular weight excluding hydrogens is 252 g/mol. The number of para-hydroxylation sites is 1. The lowest BCUT2D eigenvalue weighted by atomic mass is 10.1. The van der Waals surface area contributed by atoms with Crippen molar-refractivity contribution < 1.29 is 9.84 Å². The Hall–Kier alpha value is -0.970. The first kappa shape index (κ1) is 11.1. The molecule has 3 rings (SSSR count). The molecule has 4 heteroatoms. The Balaban J connectivity index is 1.80. The summed E-state index contributed by atoms with van der Waals surface area (Å²) in [5.41, 5.74) is 0.944. The molecule has 1 N–H and O–H groups in total. The second-order valence-corrected chi connectivity index (χ2v) is 5.76. The highest BCUT2D eigenvalue weighted by Crippen LogP contribution is 2.38. The molecule has 2 atom stereocenters. The van der Waals surface area contributed by atoms with Crippen LogP contribution in [0.15, 0.2) is 46.0 Å². The summed E-state index contributed by atoms with van der Waals surface area (Å²) in [6.45, 7) is 0. The van der Waals surface area contributed by atoms with E-state index in [9.17, 15) is 5.11 Å². The summed E-state index contributed by atoms with van der Waals surface area (Å²) in [5.74, 6) is 1.66. The van der Waals surface area contributed by atoms with Crippen molar-refractivity contribution in [1.29, 1.82) is 0 Å². The van der Waals surface area contributed by atoms with Crippen LogP contribution in [0, 0.1) is 0 Å². The number of hydrogen-bond acceptors (Lipinski definition) is 4. The van der Waals surface area contributed by atoms with Crippen molar-refractivity contribution in [3.63, 3.8) is 0 Å². The Kier molecular flexibility index (Phi) is 3.09. The van der Waals surface area contributed by atoms with E-state index >= 15 is 0 Å². The van der Waals surface area contributed by atoms with E-state index in [1.54, 1.807) is 23.1 Å². The summed E-state index contributed by atoms with van der Waals surface area (Å²) < 4.78 is 5.85. The molecule has 2 heterocycles. The molecule has 2 nitrogen and oxygen atoms in total. The minimum Gasteiger partial charge on any atom is -0.485 e. The van der Waals surface area contributed by atoms with Crippen molar-refractivity contribution in [2.75, 3.05) is 5.75 Å². The molecule has 0 radical (unpaired) electrons. The fraction of sp³-hybridized carbons (Fsp3) is 0.231. The molecule has 1 aliphatic rings. The van der Waals surface area contributed by atoms with Gasteiger partial charge in [-0.3, -0.25) is 0 Å². The number of thioether (sulfide) groups is 1. The van der Waals surface area contributed by atoms with Gasteiger partial charge in [-0.15, -0.1) is 11.8 Å². The highest BCUT2D eigenvalue weighted by Gasteiger charge is 2.27. The minimum absolute atomic E-state index is 0.163. The summed E-state index contributed by atoms with van der Waals surface area (Å²) in [6, 6.07) is 9.91. The van der Waals surface area contributed by atoms with Crippen LogP contribution in [0.1, 0.15) is 11.7 Å². The predicted molar refractivity (Wildman–Crippen MR) is 70.9 cm³/mol. The first-order valence-electron chi connectivity index (χ1n) is 5.43. The first-order valence-corrected chi connectivity index (χ1v) is 7.36. The van der Waals surface area contributed by atoms with Crippen LogP contribution in [0.2, 0.25) is 0 Å². The van der Waals surface area contributed by atoms with E-state index in [2.05, 4.69) is 0 Å². The van der Waals surface area contributed by atoms with Crippen LogP contribution in [0.5, 0.6) is 5.75 Å². The third-order valence-corrected chi connectivity index (χ3v) is 4.61. The number of benzene rings is 1. The zero-order valence-electron chi connectivity index (χ0n) is 9.08. The molecule has 2 unspecified atom stereocenters. The standard InChI is InChI=1S/C13H12O2S2/c14-13(9-5-6-16-7-9)11-8-17-12-4-2-1-3-10(12)15-11/h1-7,11,13-14H,8H2. The van der Waals surface area contributed by atoms with Gasteiger partial charge in [-0.2, -0.15) is 11.3 Å². The monoisotopic (exact) mass is 264 g/mol. The number of ether oxygens (including phenoxy) is 1. The van der Waals surface area contributed by atoms with Gasteiger partial charge in [0.25, 0.3) is 0 Å². The van der Waals surface area contributed by atoms with Gasteiger partial charge in [-0.25, -0.2) is 0 Å². The normalized spacial score (nSPS) is 20.4. The van der Waals surface area contributed by atoms with Crippen LogP contribution in [-0.2, 0) is 0 Å². The maximum absolute atomic E-state index is 10.2. The zero-order chi connectivity index (χ0) is 11.7. The van der Waals surface area contributed by atoms with Crippen LogP contribution in [0.25, 0.3) is 0 Å². The number of aliphatic hydroxyl groups is 1. The van der Waals surface area contributed by atoms with Gasteiger partial charge in [0.05, 0.1) is 0 Å². The van der Waals surface area contributed by atoms with Crippen LogP contribution in [0.3, 0.4) is 0 Å². The van der Waals surface area contributed by atoms with Crippen LogP contribution >= 0.6 is 23.1 Å². The third kappa shape index (κ3) is 2.20. The lowest BCUT2D eigenvalue weighted by Gasteiger charge is -2.28. The molecule has 2 aromatic rings. The van der Waals surface area contributed by atoms with Crippen molar-refractivity contribution in [3.05, 3.63) is 46.7 Å². The van der Waals surface area contributed by atoms with Gasteiger partial charge in [0.1, 0.15) is 18.0 Å². The average Bonchev–Trinajstić information content (AvgIpc) is 2.91. The maximum atomic E-state index is 10.2. The lowest BCUT2D eigenvalue weighted by molar-refractivity contribution is 0.0460. The minimum atomic E-state index is -0.540. The Morgan fingerprint density at radius 3 is 3.00 bits per heavy atom. The fourth-order valence-corrected chi connectivity index (χ4v) is 3.57. The Morgan fingerprint density at radius 1 is 1.29 bits per heavy atom. The van der Waals surface area contributed by atoms with Crippen LogP contribution in [-0.4, -0.2) is 17.0 Å². The molecule has 1 aromatic carbocycles. The lowest BCUT2D eigenvalue weighted by Crippen LogP contribution is -2.30.